The molecule has 0 bridgehead atoms. The third-order valence-corrected chi connectivity index (χ3v) is 5.61. The largest absolute Gasteiger partial charge is 0.461 e. The van der Waals surface area contributed by atoms with Gasteiger partial charge in [-0.2, -0.15) is 0 Å². The molecule has 0 amide bonds. The van der Waals surface area contributed by atoms with Crippen molar-refractivity contribution < 1.29 is 9.31 Å². The highest BCUT2D eigenvalue weighted by Gasteiger charge is 2.61. The van der Waals surface area contributed by atoms with Crippen LogP contribution in [-0.4, -0.2) is 18.3 Å². The molecule has 0 aromatic rings. The molecule has 1 heterocycles. The minimum atomic E-state index is -0.159. The zero-order chi connectivity index (χ0) is 12.5. The second-order valence-corrected chi connectivity index (χ2v) is 7.81. The van der Waals surface area contributed by atoms with Crippen LogP contribution < -0.4 is 0 Å². The van der Waals surface area contributed by atoms with E-state index in [1.165, 1.54) is 25.7 Å². The fourth-order valence-electron chi connectivity index (χ4n) is 4.08. The highest BCUT2D eigenvalue weighted by atomic mass is 16.7. The van der Waals surface area contributed by atoms with E-state index in [0.29, 0.717) is 11.2 Å². The topological polar surface area (TPSA) is 18.5 Å². The van der Waals surface area contributed by atoms with Gasteiger partial charge in [0.1, 0.15) is 0 Å². The van der Waals surface area contributed by atoms with Crippen molar-refractivity contribution in [3.8, 4) is 0 Å². The van der Waals surface area contributed by atoms with Gasteiger partial charge in [-0.15, -0.1) is 0 Å². The summed E-state index contributed by atoms with van der Waals surface area (Å²) in [5.41, 5.74) is 0.369. The third kappa shape index (κ3) is 1.69. The van der Waals surface area contributed by atoms with Crippen LogP contribution in [0.5, 0.6) is 0 Å². The zero-order valence-electron chi connectivity index (χ0n) is 11.9. The molecule has 3 rings (SSSR count). The van der Waals surface area contributed by atoms with Gasteiger partial charge in [0.05, 0.1) is 11.2 Å². The Hall–Kier alpha value is -0.0151. The molecule has 1 spiro atoms. The van der Waals surface area contributed by atoms with Gasteiger partial charge >= 0.3 is 7.12 Å². The van der Waals surface area contributed by atoms with Gasteiger partial charge in [0.25, 0.3) is 0 Å². The van der Waals surface area contributed by atoms with Crippen molar-refractivity contribution in [1.29, 1.82) is 0 Å². The molecule has 96 valence electrons. The maximum absolute atomic E-state index is 6.13. The van der Waals surface area contributed by atoms with Crippen molar-refractivity contribution >= 4 is 7.12 Å². The Morgan fingerprint density at radius 3 is 1.76 bits per heavy atom. The fourth-order valence-corrected chi connectivity index (χ4v) is 4.08. The quantitative estimate of drug-likeness (QED) is 0.647. The molecule has 17 heavy (non-hydrogen) atoms. The fraction of sp³-hybridized carbons (Fsp3) is 1.00. The number of hydrogen-bond acceptors (Lipinski definition) is 2. The molecule has 1 aliphatic heterocycles. The molecule has 2 aliphatic carbocycles. The van der Waals surface area contributed by atoms with Crippen molar-refractivity contribution in [2.75, 3.05) is 0 Å². The number of rotatable bonds is 1. The summed E-state index contributed by atoms with van der Waals surface area (Å²) in [6.07, 6.45) is 5.52. The first kappa shape index (κ1) is 12.0. The van der Waals surface area contributed by atoms with Gasteiger partial charge in [0.15, 0.2) is 0 Å². The highest BCUT2D eigenvalue weighted by Crippen LogP contribution is 2.65. The lowest BCUT2D eigenvalue weighted by atomic mass is 9.41. The van der Waals surface area contributed by atoms with Gasteiger partial charge in [-0.1, -0.05) is 6.92 Å². The van der Waals surface area contributed by atoms with Gasteiger partial charge in [-0.05, 0) is 70.5 Å². The molecule has 3 heteroatoms. The molecular weight excluding hydrogens is 211 g/mol. The smallest absolute Gasteiger partial charge is 0.403 e. The van der Waals surface area contributed by atoms with Gasteiger partial charge in [-0.3, -0.25) is 0 Å². The molecule has 0 aromatic carbocycles. The molecule has 0 N–H and O–H groups in total. The summed E-state index contributed by atoms with van der Waals surface area (Å²) >= 11 is 0. The van der Waals surface area contributed by atoms with Crippen LogP contribution in [0.15, 0.2) is 0 Å². The molecule has 2 nitrogen and oxygen atoms in total. The predicted molar refractivity (Wildman–Crippen MR) is 69.9 cm³/mol. The normalized spacial score (nSPS) is 46.8. The van der Waals surface area contributed by atoms with E-state index >= 15 is 0 Å². The average Bonchev–Trinajstić information content (AvgIpc) is 2.26. The lowest BCUT2D eigenvalue weighted by molar-refractivity contribution is -0.0248. The predicted octanol–water partition coefficient (Wildman–Crippen LogP) is 3.66. The van der Waals surface area contributed by atoms with Crippen LogP contribution >= 0.6 is 0 Å². The summed E-state index contributed by atoms with van der Waals surface area (Å²) < 4.78 is 12.3. The van der Waals surface area contributed by atoms with Crippen LogP contribution in [-0.2, 0) is 9.31 Å². The van der Waals surface area contributed by atoms with E-state index in [9.17, 15) is 0 Å². The monoisotopic (exact) mass is 236 g/mol. The average molecular weight is 236 g/mol. The first-order valence-electron chi connectivity index (χ1n) is 7.09. The van der Waals surface area contributed by atoms with Gasteiger partial charge in [-0.25, -0.2) is 0 Å². The van der Waals surface area contributed by atoms with E-state index in [2.05, 4.69) is 34.6 Å². The van der Waals surface area contributed by atoms with Crippen molar-refractivity contribution in [2.45, 2.75) is 77.3 Å². The van der Waals surface area contributed by atoms with Crippen molar-refractivity contribution in [3.05, 3.63) is 0 Å². The minimum Gasteiger partial charge on any atom is -0.403 e. The van der Waals surface area contributed by atoms with Crippen LogP contribution in [0, 0.1) is 11.3 Å². The van der Waals surface area contributed by atoms with Crippen molar-refractivity contribution in [3.63, 3.8) is 0 Å². The zero-order valence-corrected chi connectivity index (χ0v) is 11.9. The van der Waals surface area contributed by atoms with E-state index < -0.39 is 0 Å². The van der Waals surface area contributed by atoms with E-state index in [-0.39, 0.29) is 18.3 Å². The van der Waals surface area contributed by atoms with Crippen molar-refractivity contribution in [1.82, 2.24) is 0 Å². The third-order valence-electron chi connectivity index (χ3n) is 5.61. The molecular formula is C14H25BO2. The Balaban J connectivity index is 1.59. The van der Waals surface area contributed by atoms with Crippen molar-refractivity contribution in [2.24, 2.45) is 11.3 Å². The summed E-state index contributed by atoms with van der Waals surface area (Å²) in [5.74, 6) is 1.60. The van der Waals surface area contributed by atoms with Gasteiger partial charge in [0.2, 0.25) is 0 Å². The van der Waals surface area contributed by atoms with Crippen LogP contribution in [0.3, 0.4) is 0 Å². The lowest BCUT2D eigenvalue weighted by Crippen LogP contribution is -2.49. The van der Waals surface area contributed by atoms with Gasteiger partial charge < -0.3 is 9.31 Å². The van der Waals surface area contributed by atoms with E-state index in [4.69, 9.17) is 9.31 Å². The summed E-state index contributed by atoms with van der Waals surface area (Å²) in [6, 6.07) is 0. The maximum atomic E-state index is 6.13. The minimum absolute atomic E-state index is 0.0431. The Labute approximate surface area is 106 Å². The molecule has 3 fully saturated rings. The summed E-state index contributed by atoms with van der Waals surface area (Å²) in [7, 11) is 0.0431. The Morgan fingerprint density at radius 2 is 1.35 bits per heavy atom. The van der Waals surface area contributed by atoms with Crippen LogP contribution in [0.4, 0.5) is 0 Å². The van der Waals surface area contributed by atoms with Gasteiger partial charge in [0, 0.05) is 0 Å². The Morgan fingerprint density at radius 1 is 0.882 bits per heavy atom. The molecule has 1 saturated heterocycles. The molecule has 3 aliphatic rings. The molecule has 0 radical (unpaired) electrons. The molecule has 0 aromatic heterocycles. The van der Waals surface area contributed by atoms with E-state index in [1.807, 2.05) is 0 Å². The second kappa shape index (κ2) is 3.30. The first-order chi connectivity index (χ1) is 7.73. The summed E-state index contributed by atoms with van der Waals surface area (Å²) in [6.45, 7) is 11.0. The molecule has 0 unspecified atom stereocenters. The maximum Gasteiger partial charge on any atom is 0.461 e. The summed E-state index contributed by atoms with van der Waals surface area (Å²) in [4.78, 5) is 0. The Kier molecular flexibility index (Phi) is 2.34. The SMILES string of the molecule is CC1CC2(C1)CC(B1OC(C)(C)C(C)(C)O1)C2. The van der Waals surface area contributed by atoms with E-state index in [0.717, 1.165) is 5.92 Å². The lowest BCUT2D eigenvalue weighted by Gasteiger charge is -2.57. The molecule has 0 atom stereocenters. The first-order valence-corrected chi connectivity index (χ1v) is 7.09. The van der Waals surface area contributed by atoms with Crippen LogP contribution in [0.25, 0.3) is 0 Å². The Bertz CT molecular complexity index is 307. The van der Waals surface area contributed by atoms with E-state index in [1.54, 1.807) is 0 Å². The summed E-state index contributed by atoms with van der Waals surface area (Å²) in [5, 5.41) is 0. The van der Waals surface area contributed by atoms with Crippen LogP contribution in [0.2, 0.25) is 5.82 Å². The van der Waals surface area contributed by atoms with Crippen LogP contribution in [0.1, 0.15) is 60.3 Å². The standard InChI is InChI=1S/C14H25BO2/c1-10-6-14(7-10)8-11(9-14)15-16-12(2,3)13(4,5)17-15/h10-11H,6-9H2,1-5H3. The highest BCUT2D eigenvalue weighted by molar-refractivity contribution is 6.47. The number of hydrogen-bond donors (Lipinski definition) is 0. The second-order valence-electron chi connectivity index (χ2n) is 7.81. The molecule has 2 saturated carbocycles.